The maximum absolute atomic E-state index is 10.6. The number of aryl methyl sites for hydroxylation is 2. The van der Waals surface area contributed by atoms with Crippen LogP contribution in [0.3, 0.4) is 0 Å². The van der Waals surface area contributed by atoms with Crippen molar-refractivity contribution in [2.45, 2.75) is 25.3 Å². The number of amides is 1. The average molecular weight is 236 g/mol. The van der Waals surface area contributed by atoms with Crippen molar-refractivity contribution < 1.29 is 4.79 Å². The molecule has 0 atom stereocenters. The SMILES string of the molecule is Cc1nc(C)c(C#N)c(SCCC(N)=O)n1. The van der Waals surface area contributed by atoms with Gasteiger partial charge in [-0.3, -0.25) is 4.79 Å². The van der Waals surface area contributed by atoms with Crippen LogP contribution in [0, 0.1) is 25.2 Å². The Morgan fingerprint density at radius 2 is 2.19 bits per heavy atom. The van der Waals surface area contributed by atoms with E-state index in [0.717, 1.165) is 0 Å². The molecule has 0 spiro atoms. The minimum absolute atomic E-state index is 0.275. The van der Waals surface area contributed by atoms with Crippen molar-refractivity contribution in [2.24, 2.45) is 5.73 Å². The molecule has 0 saturated heterocycles. The quantitative estimate of drug-likeness (QED) is 0.620. The molecule has 0 fully saturated rings. The Hall–Kier alpha value is -1.61. The number of nitrogens with zero attached hydrogens (tertiary/aromatic N) is 3. The van der Waals surface area contributed by atoms with E-state index in [1.165, 1.54) is 11.8 Å². The highest BCUT2D eigenvalue weighted by atomic mass is 32.2. The Morgan fingerprint density at radius 1 is 1.50 bits per heavy atom. The normalized spacial score (nSPS) is 9.81. The third-order valence-corrected chi connectivity index (χ3v) is 2.84. The van der Waals surface area contributed by atoms with E-state index in [1.807, 2.05) is 0 Å². The first-order chi connectivity index (χ1) is 7.54. The van der Waals surface area contributed by atoms with Crippen LogP contribution in [0.4, 0.5) is 0 Å². The Balaban J connectivity index is 2.86. The molecule has 1 amide bonds. The van der Waals surface area contributed by atoms with Crippen LogP contribution in [-0.4, -0.2) is 21.6 Å². The first kappa shape index (κ1) is 12.5. The molecular weight excluding hydrogens is 224 g/mol. The number of thioether (sulfide) groups is 1. The van der Waals surface area contributed by atoms with Crippen molar-refractivity contribution in [3.05, 3.63) is 17.1 Å². The van der Waals surface area contributed by atoms with E-state index >= 15 is 0 Å². The smallest absolute Gasteiger partial charge is 0.218 e. The monoisotopic (exact) mass is 236 g/mol. The number of hydrogen-bond donors (Lipinski definition) is 1. The fourth-order valence-corrected chi connectivity index (χ4v) is 2.19. The lowest BCUT2D eigenvalue weighted by atomic mass is 10.3. The molecule has 0 saturated carbocycles. The summed E-state index contributed by atoms with van der Waals surface area (Å²) < 4.78 is 0. The zero-order chi connectivity index (χ0) is 12.1. The van der Waals surface area contributed by atoms with E-state index in [9.17, 15) is 4.79 Å². The van der Waals surface area contributed by atoms with Gasteiger partial charge in [-0.25, -0.2) is 9.97 Å². The van der Waals surface area contributed by atoms with Gasteiger partial charge in [0.05, 0.1) is 5.69 Å². The summed E-state index contributed by atoms with van der Waals surface area (Å²) in [5.74, 6) is 0.798. The fourth-order valence-electron chi connectivity index (χ4n) is 1.16. The number of hydrogen-bond acceptors (Lipinski definition) is 5. The molecule has 1 aromatic heterocycles. The average Bonchev–Trinajstić information content (AvgIpc) is 2.16. The second-order valence-corrected chi connectivity index (χ2v) is 4.30. The number of primary amides is 1. The van der Waals surface area contributed by atoms with Crippen LogP contribution in [0.15, 0.2) is 5.03 Å². The van der Waals surface area contributed by atoms with Crippen LogP contribution in [-0.2, 0) is 4.79 Å². The molecule has 2 N–H and O–H groups in total. The van der Waals surface area contributed by atoms with Gasteiger partial charge in [-0.05, 0) is 13.8 Å². The lowest BCUT2D eigenvalue weighted by Crippen LogP contribution is -2.11. The standard InChI is InChI=1S/C10H12N4OS/c1-6-8(5-11)10(14-7(2)13-6)16-4-3-9(12)15/h3-4H2,1-2H3,(H2,12,15). The molecule has 1 heterocycles. The summed E-state index contributed by atoms with van der Waals surface area (Å²) >= 11 is 1.35. The van der Waals surface area contributed by atoms with Gasteiger partial charge >= 0.3 is 0 Å². The molecule has 1 rings (SSSR count). The lowest BCUT2D eigenvalue weighted by molar-refractivity contribution is -0.117. The Morgan fingerprint density at radius 3 is 2.75 bits per heavy atom. The van der Waals surface area contributed by atoms with Crippen molar-refractivity contribution in [2.75, 3.05) is 5.75 Å². The van der Waals surface area contributed by atoms with Crippen molar-refractivity contribution in [1.82, 2.24) is 9.97 Å². The predicted molar refractivity (Wildman–Crippen MR) is 60.8 cm³/mol. The predicted octanol–water partition coefficient (Wildman–Crippen LogP) is 0.933. The zero-order valence-corrected chi connectivity index (χ0v) is 9.97. The second kappa shape index (κ2) is 5.47. The van der Waals surface area contributed by atoms with E-state index < -0.39 is 0 Å². The van der Waals surface area contributed by atoms with Crippen LogP contribution in [0.5, 0.6) is 0 Å². The number of carbonyl (C=O) groups excluding carboxylic acids is 1. The summed E-state index contributed by atoms with van der Waals surface area (Å²) in [5, 5.41) is 9.58. The molecule has 0 aromatic carbocycles. The summed E-state index contributed by atoms with van der Waals surface area (Å²) in [6.45, 7) is 3.54. The van der Waals surface area contributed by atoms with E-state index in [-0.39, 0.29) is 12.3 Å². The number of carbonyl (C=O) groups is 1. The van der Waals surface area contributed by atoms with Gasteiger partial charge in [-0.15, -0.1) is 11.8 Å². The molecule has 84 valence electrons. The van der Waals surface area contributed by atoms with Gasteiger partial charge < -0.3 is 5.73 Å². The van der Waals surface area contributed by atoms with Crippen LogP contribution in [0.2, 0.25) is 0 Å². The first-order valence-corrected chi connectivity index (χ1v) is 5.69. The van der Waals surface area contributed by atoms with E-state index in [0.29, 0.717) is 27.9 Å². The third-order valence-electron chi connectivity index (χ3n) is 1.87. The van der Waals surface area contributed by atoms with E-state index in [1.54, 1.807) is 13.8 Å². The van der Waals surface area contributed by atoms with Gasteiger partial charge in [-0.2, -0.15) is 5.26 Å². The van der Waals surface area contributed by atoms with Crippen LogP contribution < -0.4 is 5.73 Å². The highest BCUT2D eigenvalue weighted by Gasteiger charge is 2.10. The number of nitriles is 1. The van der Waals surface area contributed by atoms with Crippen molar-refractivity contribution >= 4 is 17.7 Å². The molecule has 0 unspecified atom stereocenters. The van der Waals surface area contributed by atoms with Gasteiger partial charge in [0.15, 0.2) is 0 Å². The molecule has 0 radical (unpaired) electrons. The summed E-state index contributed by atoms with van der Waals surface area (Å²) in [6.07, 6.45) is 0.275. The molecule has 5 nitrogen and oxygen atoms in total. The molecule has 16 heavy (non-hydrogen) atoms. The zero-order valence-electron chi connectivity index (χ0n) is 9.15. The number of nitrogens with two attached hydrogens (primary N) is 1. The highest BCUT2D eigenvalue weighted by Crippen LogP contribution is 2.22. The third kappa shape index (κ3) is 3.21. The summed E-state index contributed by atoms with van der Waals surface area (Å²) in [6, 6.07) is 2.07. The van der Waals surface area contributed by atoms with Crippen molar-refractivity contribution in [3.8, 4) is 6.07 Å². The maximum atomic E-state index is 10.6. The Bertz CT molecular complexity index is 453. The van der Waals surface area contributed by atoms with Gasteiger partial charge in [0, 0.05) is 12.2 Å². The van der Waals surface area contributed by atoms with Crippen LogP contribution in [0.25, 0.3) is 0 Å². The Labute approximate surface area is 98.1 Å². The topological polar surface area (TPSA) is 92.7 Å². The molecular formula is C10H12N4OS. The van der Waals surface area contributed by atoms with E-state index in [2.05, 4.69) is 16.0 Å². The Kier molecular flexibility index (Phi) is 4.26. The van der Waals surface area contributed by atoms with Gasteiger partial charge in [-0.1, -0.05) is 0 Å². The highest BCUT2D eigenvalue weighted by molar-refractivity contribution is 7.99. The molecule has 0 bridgehead atoms. The molecule has 0 aliphatic heterocycles. The minimum Gasteiger partial charge on any atom is -0.370 e. The summed E-state index contributed by atoms with van der Waals surface area (Å²) in [7, 11) is 0. The first-order valence-electron chi connectivity index (χ1n) is 4.71. The lowest BCUT2D eigenvalue weighted by Gasteiger charge is -2.05. The molecule has 0 aliphatic rings. The van der Waals surface area contributed by atoms with Gasteiger partial charge in [0.25, 0.3) is 0 Å². The maximum Gasteiger partial charge on any atom is 0.218 e. The fraction of sp³-hybridized carbons (Fsp3) is 0.400. The van der Waals surface area contributed by atoms with Gasteiger partial charge in [0.1, 0.15) is 22.5 Å². The largest absolute Gasteiger partial charge is 0.370 e. The summed E-state index contributed by atoms with van der Waals surface area (Å²) in [5.41, 5.74) is 6.17. The van der Waals surface area contributed by atoms with Gasteiger partial charge in [0.2, 0.25) is 5.91 Å². The molecule has 0 aliphatic carbocycles. The number of rotatable bonds is 4. The second-order valence-electron chi connectivity index (χ2n) is 3.21. The molecule has 1 aromatic rings. The molecule has 6 heteroatoms. The summed E-state index contributed by atoms with van der Waals surface area (Å²) in [4.78, 5) is 18.9. The van der Waals surface area contributed by atoms with Crippen molar-refractivity contribution in [3.63, 3.8) is 0 Å². The van der Waals surface area contributed by atoms with Crippen LogP contribution in [0.1, 0.15) is 23.5 Å². The van der Waals surface area contributed by atoms with E-state index in [4.69, 9.17) is 11.0 Å². The van der Waals surface area contributed by atoms with Crippen molar-refractivity contribution in [1.29, 1.82) is 5.26 Å². The number of aromatic nitrogens is 2. The minimum atomic E-state index is -0.353. The van der Waals surface area contributed by atoms with Crippen LogP contribution >= 0.6 is 11.8 Å².